The van der Waals surface area contributed by atoms with Crippen LogP contribution in [-0.2, 0) is 12.8 Å². The molecule has 1 nitrogen and oxygen atoms in total. The summed E-state index contributed by atoms with van der Waals surface area (Å²) < 4.78 is 0. The normalized spacial score (nSPS) is 11.5. The third-order valence-electron chi connectivity index (χ3n) is 6.65. The number of hydrogen-bond acceptors (Lipinski definition) is 1. The Kier molecular flexibility index (Phi) is 6.05. The summed E-state index contributed by atoms with van der Waals surface area (Å²) in [5.74, 6) is 0. The van der Waals surface area contributed by atoms with Crippen molar-refractivity contribution in [3.05, 3.63) is 120 Å². The zero-order chi connectivity index (χ0) is 21.5. The predicted octanol–water partition coefficient (Wildman–Crippen LogP) is 8.06. The van der Waals surface area contributed by atoms with Crippen LogP contribution in [0.1, 0.15) is 11.1 Å². The van der Waals surface area contributed by atoms with Crippen LogP contribution in [0.2, 0.25) is 0 Å². The average Bonchev–Trinajstić information content (AvgIpc) is 2.84. The zero-order valence-corrected chi connectivity index (χ0v) is 20.6. The van der Waals surface area contributed by atoms with Crippen LogP contribution in [0, 0.1) is 0 Å². The van der Waals surface area contributed by atoms with E-state index < -0.39 is 6.10 Å². The Morgan fingerprint density at radius 2 is 0.727 bits per heavy atom. The molecule has 0 bridgehead atoms. The van der Waals surface area contributed by atoms with E-state index in [2.05, 4.69) is 109 Å². The van der Waals surface area contributed by atoms with Crippen molar-refractivity contribution in [3.8, 4) is 0 Å². The van der Waals surface area contributed by atoms with Crippen LogP contribution in [0.5, 0.6) is 0 Å². The van der Waals surface area contributed by atoms with E-state index in [4.69, 9.17) is 0 Å². The SMILES string of the molecule is I.OC(Cc1c2ccccc2cc2ccccc12)Cc1c2ccccc2cc2ccccc12. The molecule has 6 aromatic carbocycles. The second kappa shape index (κ2) is 9.12. The second-order valence-corrected chi connectivity index (χ2v) is 8.66. The molecule has 0 aliphatic heterocycles. The quantitative estimate of drug-likeness (QED) is 0.177. The molecule has 6 aromatic rings. The monoisotopic (exact) mass is 540 g/mol. The van der Waals surface area contributed by atoms with E-state index in [-0.39, 0.29) is 24.0 Å². The lowest BCUT2D eigenvalue weighted by atomic mass is 9.89. The molecule has 6 rings (SSSR count). The van der Waals surface area contributed by atoms with Crippen molar-refractivity contribution in [1.29, 1.82) is 0 Å². The first-order valence-electron chi connectivity index (χ1n) is 11.2. The minimum absolute atomic E-state index is 0. The van der Waals surface area contributed by atoms with Crippen molar-refractivity contribution in [2.24, 2.45) is 0 Å². The first-order valence-corrected chi connectivity index (χ1v) is 11.2. The summed E-state index contributed by atoms with van der Waals surface area (Å²) in [4.78, 5) is 0. The number of rotatable bonds is 4. The van der Waals surface area contributed by atoms with Gasteiger partial charge in [-0.25, -0.2) is 0 Å². The molecule has 1 N–H and O–H groups in total. The van der Waals surface area contributed by atoms with Gasteiger partial charge in [0.25, 0.3) is 0 Å². The van der Waals surface area contributed by atoms with Crippen molar-refractivity contribution in [2.75, 3.05) is 0 Å². The molecule has 0 atom stereocenters. The smallest absolute Gasteiger partial charge is 0.0621 e. The molecule has 0 saturated heterocycles. The van der Waals surface area contributed by atoms with Gasteiger partial charge in [-0.2, -0.15) is 0 Å². The maximum absolute atomic E-state index is 11.4. The Bertz CT molecular complexity index is 1370. The van der Waals surface area contributed by atoms with Crippen molar-refractivity contribution in [1.82, 2.24) is 0 Å². The van der Waals surface area contributed by atoms with Gasteiger partial charge in [0.2, 0.25) is 0 Å². The highest BCUT2D eigenvalue weighted by Gasteiger charge is 2.16. The molecular weight excluding hydrogens is 515 g/mol. The topological polar surface area (TPSA) is 20.2 Å². The summed E-state index contributed by atoms with van der Waals surface area (Å²) in [5, 5.41) is 21.2. The van der Waals surface area contributed by atoms with Crippen molar-refractivity contribution in [3.63, 3.8) is 0 Å². The Labute approximate surface area is 210 Å². The van der Waals surface area contributed by atoms with Crippen LogP contribution in [0.25, 0.3) is 43.1 Å². The molecule has 162 valence electrons. The van der Waals surface area contributed by atoms with Crippen LogP contribution in [0.4, 0.5) is 0 Å². The largest absolute Gasteiger partial charge is 0.392 e. The van der Waals surface area contributed by atoms with E-state index in [9.17, 15) is 5.11 Å². The average molecular weight is 540 g/mol. The highest BCUT2D eigenvalue weighted by Crippen LogP contribution is 2.32. The van der Waals surface area contributed by atoms with Crippen molar-refractivity contribution in [2.45, 2.75) is 18.9 Å². The Hall–Kier alpha value is -2.95. The van der Waals surface area contributed by atoms with Crippen molar-refractivity contribution >= 4 is 67.1 Å². The van der Waals surface area contributed by atoms with Gasteiger partial charge in [-0.3, -0.25) is 0 Å². The van der Waals surface area contributed by atoms with Gasteiger partial charge in [0, 0.05) is 0 Å². The number of hydrogen-bond donors (Lipinski definition) is 1. The summed E-state index contributed by atoms with van der Waals surface area (Å²) in [5.41, 5.74) is 2.46. The van der Waals surface area contributed by atoms with Gasteiger partial charge < -0.3 is 5.11 Å². The highest BCUT2D eigenvalue weighted by molar-refractivity contribution is 14.0. The van der Waals surface area contributed by atoms with Crippen LogP contribution < -0.4 is 0 Å². The number of fused-ring (bicyclic) bond motifs is 4. The Balaban J connectivity index is 0.00000228. The number of halogens is 1. The van der Waals surface area contributed by atoms with Gasteiger partial charge >= 0.3 is 0 Å². The third-order valence-corrected chi connectivity index (χ3v) is 6.65. The summed E-state index contributed by atoms with van der Waals surface area (Å²) in [6.07, 6.45) is 0.775. The van der Waals surface area contributed by atoms with Crippen LogP contribution >= 0.6 is 24.0 Å². The summed E-state index contributed by atoms with van der Waals surface area (Å²) in [6.45, 7) is 0. The first kappa shape index (κ1) is 21.9. The lowest BCUT2D eigenvalue weighted by Crippen LogP contribution is -2.15. The summed E-state index contributed by atoms with van der Waals surface area (Å²) in [7, 11) is 0. The molecule has 0 aliphatic rings. The summed E-state index contributed by atoms with van der Waals surface area (Å²) in [6, 6.07) is 38.5. The van der Waals surface area contributed by atoms with Gasteiger partial charge in [-0.05, 0) is 79.2 Å². The maximum atomic E-state index is 11.4. The van der Waals surface area contributed by atoms with Gasteiger partial charge in [0.15, 0.2) is 0 Å². The Morgan fingerprint density at radius 1 is 0.455 bits per heavy atom. The number of aliphatic hydroxyl groups excluding tert-OH is 1. The van der Waals surface area contributed by atoms with E-state index in [1.807, 2.05) is 0 Å². The maximum Gasteiger partial charge on any atom is 0.0621 e. The van der Waals surface area contributed by atoms with E-state index >= 15 is 0 Å². The molecule has 0 radical (unpaired) electrons. The van der Waals surface area contributed by atoms with Crippen LogP contribution in [-0.4, -0.2) is 11.2 Å². The van der Waals surface area contributed by atoms with E-state index in [0.29, 0.717) is 12.8 Å². The molecular formula is C31H25IO. The molecule has 0 heterocycles. The first-order chi connectivity index (χ1) is 15.8. The molecule has 0 saturated carbocycles. The lowest BCUT2D eigenvalue weighted by Gasteiger charge is -2.18. The third kappa shape index (κ3) is 3.98. The number of benzene rings is 6. The second-order valence-electron chi connectivity index (χ2n) is 8.66. The Morgan fingerprint density at radius 3 is 1.03 bits per heavy atom. The fourth-order valence-electron chi connectivity index (χ4n) is 5.20. The lowest BCUT2D eigenvalue weighted by molar-refractivity contribution is 0.177. The minimum Gasteiger partial charge on any atom is -0.392 e. The minimum atomic E-state index is -0.474. The molecule has 0 amide bonds. The summed E-state index contributed by atoms with van der Waals surface area (Å²) >= 11 is 0. The van der Waals surface area contributed by atoms with Gasteiger partial charge in [-0.1, -0.05) is 97.1 Å². The molecule has 0 aliphatic carbocycles. The van der Waals surface area contributed by atoms with E-state index in [1.165, 1.54) is 54.2 Å². The zero-order valence-electron chi connectivity index (χ0n) is 18.2. The van der Waals surface area contributed by atoms with Crippen LogP contribution in [0.15, 0.2) is 109 Å². The van der Waals surface area contributed by atoms with Gasteiger partial charge in [0.1, 0.15) is 0 Å². The molecule has 0 aromatic heterocycles. The number of aliphatic hydroxyl groups is 1. The molecule has 0 spiro atoms. The van der Waals surface area contributed by atoms with Crippen molar-refractivity contribution < 1.29 is 5.11 Å². The standard InChI is InChI=1S/C31H24O.HI/c32-25(19-30-26-13-5-1-9-21(26)17-22-10-2-6-14-27(22)30)20-31-28-15-7-3-11-23(28)18-24-12-4-8-16-29(24)31;/h1-18,25,32H,19-20H2;1H. The highest BCUT2D eigenvalue weighted by atomic mass is 127. The molecule has 0 fully saturated rings. The van der Waals surface area contributed by atoms with Gasteiger partial charge in [-0.15, -0.1) is 24.0 Å². The molecule has 0 unspecified atom stereocenters. The fourth-order valence-corrected chi connectivity index (χ4v) is 5.20. The van der Waals surface area contributed by atoms with Gasteiger partial charge in [0.05, 0.1) is 6.10 Å². The molecule has 33 heavy (non-hydrogen) atoms. The fraction of sp³-hybridized carbons (Fsp3) is 0.0968. The van der Waals surface area contributed by atoms with E-state index in [0.717, 1.165) is 0 Å². The van der Waals surface area contributed by atoms with E-state index in [1.54, 1.807) is 0 Å². The predicted molar refractivity (Wildman–Crippen MR) is 152 cm³/mol. The van der Waals surface area contributed by atoms with Crippen LogP contribution in [0.3, 0.4) is 0 Å². The molecule has 2 heteroatoms.